The molecule has 1 fully saturated rings. The standard InChI is InChI=1S/C9H14N2S2/c1-7-4-8(6-13-7)11-5-9-10-2-3-12-9/h2-3,7-8,11H,4-6H2,1H3. The van der Waals surface area contributed by atoms with Crippen molar-refractivity contribution in [3.8, 4) is 0 Å². The third-order valence-corrected chi connectivity index (χ3v) is 4.36. The number of nitrogens with one attached hydrogen (secondary N) is 1. The van der Waals surface area contributed by atoms with Crippen molar-refractivity contribution < 1.29 is 0 Å². The van der Waals surface area contributed by atoms with Gasteiger partial charge >= 0.3 is 0 Å². The van der Waals surface area contributed by atoms with Gasteiger partial charge in [0.25, 0.3) is 0 Å². The summed E-state index contributed by atoms with van der Waals surface area (Å²) in [6.45, 7) is 3.24. The average Bonchev–Trinajstić information content (AvgIpc) is 2.71. The Balaban J connectivity index is 1.74. The Bertz CT molecular complexity index is 248. The van der Waals surface area contributed by atoms with E-state index in [4.69, 9.17) is 0 Å². The van der Waals surface area contributed by atoms with Crippen molar-refractivity contribution in [2.75, 3.05) is 5.75 Å². The van der Waals surface area contributed by atoms with Crippen LogP contribution in [0.1, 0.15) is 18.4 Å². The molecule has 1 aliphatic heterocycles. The summed E-state index contributed by atoms with van der Waals surface area (Å²) < 4.78 is 0. The first-order valence-electron chi connectivity index (χ1n) is 4.58. The maximum absolute atomic E-state index is 4.25. The predicted molar refractivity (Wildman–Crippen MR) is 59.3 cm³/mol. The van der Waals surface area contributed by atoms with Gasteiger partial charge in [-0.2, -0.15) is 11.8 Å². The van der Waals surface area contributed by atoms with E-state index in [-0.39, 0.29) is 0 Å². The van der Waals surface area contributed by atoms with E-state index in [1.54, 1.807) is 11.3 Å². The molecule has 72 valence electrons. The third-order valence-electron chi connectivity index (χ3n) is 2.22. The van der Waals surface area contributed by atoms with Crippen molar-refractivity contribution >= 4 is 23.1 Å². The minimum absolute atomic E-state index is 0.698. The van der Waals surface area contributed by atoms with Gasteiger partial charge in [-0.3, -0.25) is 0 Å². The Morgan fingerprint density at radius 3 is 3.23 bits per heavy atom. The van der Waals surface area contributed by atoms with Gasteiger partial charge in [0, 0.05) is 35.2 Å². The van der Waals surface area contributed by atoms with Gasteiger partial charge in [-0.15, -0.1) is 11.3 Å². The summed E-state index contributed by atoms with van der Waals surface area (Å²) in [5, 5.41) is 7.60. The van der Waals surface area contributed by atoms with Gasteiger partial charge in [0.2, 0.25) is 0 Å². The number of thiazole rings is 1. The lowest BCUT2D eigenvalue weighted by Crippen LogP contribution is -2.28. The highest BCUT2D eigenvalue weighted by atomic mass is 32.2. The quantitative estimate of drug-likeness (QED) is 0.834. The average molecular weight is 214 g/mol. The highest BCUT2D eigenvalue weighted by Gasteiger charge is 2.21. The fraction of sp³-hybridized carbons (Fsp3) is 0.667. The summed E-state index contributed by atoms with van der Waals surface area (Å²) in [5.41, 5.74) is 0. The zero-order valence-electron chi connectivity index (χ0n) is 7.69. The molecule has 1 N–H and O–H groups in total. The maximum Gasteiger partial charge on any atom is 0.106 e. The Morgan fingerprint density at radius 1 is 1.69 bits per heavy atom. The molecular weight excluding hydrogens is 200 g/mol. The van der Waals surface area contributed by atoms with E-state index >= 15 is 0 Å². The van der Waals surface area contributed by atoms with Crippen LogP contribution < -0.4 is 5.32 Å². The van der Waals surface area contributed by atoms with Crippen molar-refractivity contribution in [3.05, 3.63) is 16.6 Å². The van der Waals surface area contributed by atoms with Crippen molar-refractivity contribution in [1.29, 1.82) is 0 Å². The maximum atomic E-state index is 4.25. The van der Waals surface area contributed by atoms with E-state index in [1.165, 1.54) is 17.2 Å². The van der Waals surface area contributed by atoms with Gasteiger partial charge in [0.15, 0.2) is 0 Å². The summed E-state index contributed by atoms with van der Waals surface area (Å²) in [6.07, 6.45) is 3.17. The summed E-state index contributed by atoms with van der Waals surface area (Å²) >= 11 is 3.79. The molecule has 0 bridgehead atoms. The van der Waals surface area contributed by atoms with Crippen LogP contribution in [0, 0.1) is 0 Å². The van der Waals surface area contributed by atoms with Crippen LogP contribution in [0.25, 0.3) is 0 Å². The van der Waals surface area contributed by atoms with E-state index in [2.05, 4.69) is 29.0 Å². The number of hydrogen-bond donors (Lipinski definition) is 1. The van der Waals surface area contributed by atoms with Crippen LogP contribution in [0.2, 0.25) is 0 Å². The van der Waals surface area contributed by atoms with Gasteiger partial charge in [-0.05, 0) is 6.42 Å². The minimum atomic E-state index is 0.698. The molecule has 13 heavy (non-hydrogen) atoms. The molecule has 0 saturated carbocycles. The first kappa shape index (κ1) is 9.49. The zero-order valence-corrected chi connectivity index (χ0v) is 9.33. The molecular formula is C9H14N2S2. The van der Waals surface area contributed by atoms with Crippen molar-refractivity contribution in [2.24, 2.45) is 0 Å². The van der Waals surface area contributed by atoms with Crippen LogP contribution in [-0.4, -0.2) is 22.0 Å². The molecule has 0 spiro atoms. The van der Waals surface area contributed by atoms with E-state index < -0.39 is 0 Å². The van der Waals surface area contributed by atoms with Gasteiger partial charge in [-0.25, -0.2) is 4.98 Å². The highest BCUT2D eigenvalue weighted by Crippen LogP contribution is 2.26. The molecule has 0 radical (unpaired) electrons. The summed E-state index contributed by atoms with van der Waals surface area (Å²) in [6, 6.07) is 0.698. The first-order chi connectivity index (χ1) is 6.34. The lowest BCUT2D eigenvalue weighted by molar-refractivity contribution is 0.537. The van der Waals surface area contributed by atoms with Crippen LogP contribution in [0.4, 0.5) is 0 Å². The van der Waals surface area contributed by atoms with Gasteiger partial charge in [0.1, 0.15) is 5.01 Å². The molecule has 1 aromatic rings. The minimum Gasteiger partial charge on any atom is -0.307 e. The third kappa shape index (κ3) is 2.69. The molecule has 1 saturated heterocycles. The number of thioether (sulfide) groups is 1. The molecule has 0 aromatic carbocycles. The lowest BCUT2D eigenvalue weighted by atomic mass is 10.2. The van der Waals surface area contributed by atoms with Crippen LogP contribution in [0.3, 0.4) is 0 Å². The van der Waals surface area contributed by atoms with Gasteiger partial charge in [-0.1, -0.05) is 6.92 Å². The summed E-state index contributed by atoms with van der Waals surface area (Å²) in [7, 11) is 0. The number of hydrogen-bond acceptors (Lipinski definition) is 4. The Hall–Kier alpha value is -0.0600. The largest absolute Gasteiger partial charge is 0.307 e. The summed E-state index contributed by atoms with van der Waals surface area (Å²) in [5.74, 6) is 1.26. The Kier molecular flexibility index (Phi) is 3.24. The first-order valence-corrected chi connectivity index (χ1v) is 6.51. The predicted octanol–water partition coefficient (Wildman–Crippen LogP) is 2.13. The molecule has 2 rings (SSSR count). The number of rotatable bonds is 3. The topological polar surface area (TPSA) is 24.9 Å². The molecule has 2 atom stereocenters. The molecule has 2 nitrogen and oxygen atoms in total. The molecule has 1 aromatic heterocycles. The lowest BCUT2D eigenvalue weighted by Gasteiger charge is -2.09. The second-order valence-electron chi connectivity index (χ2n) is 3.38. The fourth-order valence-electron chi connectivity index (χ4n) is 1.53. The van der Waals surface area contributed by atoms with Crippen molar-refractivity contribution in [1.82, 2.24) is 10.3 Å². The van der Waals surface area contributed by atoms with Crippen molar-refractivity contribution in [2.45, 2.75) is 31.2 Å². The van der Waals surface area contributed by atoms with Crippen LogP contribution in [0.15, 0.2) is 11.6 Å². The van der Waals surface area contributed by atoms with E-state index in [1.807, 2.05) is 11.6 Å². The van der Waals surface area contributed by atoms with Gasteiger partial charge < -0.3 is 5.32 Å². The molecule has 2 unspecified atom stereocenters. The molecule has 0 aliphatic carbocycles. The number of aromatic nitrogens is 1. The SMILES string of the molecule is CC1CC(NCc2nccs2)CS1. The van der Waals surface area contributed by atoms with Crippen LogP contribution >= 0.6 is 23.1 Å². The fourth-order valence-corrected chi connectivity index (χ4v) is 3.28. The Labute approximate surface area is 87.1 Å². The normalized spacial score (nSPS) is 28.1. The second kappa shape index (κ2) is 4.44. The highest BCUT2D eigenvalue weighted by molar-refractivity contribution is 8.00. The molecule has 1 aliphatic rings. The molecule has 4 heteroatoms. The zero-order chi connectivity index (χ0) is 9.10. The van der Waals surface area contributed by atoms with E-state index in [0.717, 1.165) is 11.8 Å². The molecule has 0 amide bonds. The molecule has 2 heterocycles. The van der Waals surface area contributed by atoms with Crippen LogP contribution in [0.5, 0.6) is 0 Å². The van der Waals surface area contributed by atoms with E-state index in [9.17, 15) is 0 Å². The Morgan fingerprint density at radius 2 is 2.62 bits per heavy atom. The number of nitrogens with zero attached hydrogens (tertiary/aromatic N) is 1. The van der Waals surface area contributed by atoms with Crippen LogP contribution in [-0.2, 0) is 6.54 Å². The van der Waals surface area contributed by atoms with Gasteiger partial charge in [0.05, 0.1) is 0 Å². The summed E-state index contributed by atoms with van der Waals surface area (Å²) in [4.78, 5) is 4.25. The van der Waals surface area contributed by atoms with E-state index in [0.29, 0.717) is 6.04 Å². The smallest absolute Gasteiger partial charge is 0.106 e. The van der Waals surface area contributed by atoms with Crippen molar-refractivity contribution in [3.63, 3.8) is 0 Å². The monoisotopic (exact) mass is 214 g/mol. The second-order valence-corrected chi connectivity index (χ2v) is 5.83.